The largest absolute Gasteiger partial charge is 0.465 e. The van der Waals surface area contributed by atoms with Gasteiger partial charge in [0.1, 0.15) is 0 Å². The third-order valence-electron chi connectivity index (χ3n) is 4.87. The summed E-state index contributed by atoms with van der Waals surface area (Å²) < 4.78 is 30.5. The van der Waals surface area contributed by atoms with Crippen LogP contribution >= 0.6 is 0 Å². The molecule has 1 atom stereocenters. The zero-order chi connectivity index (χ0) is 19.2. The van der Waals surface area contributed by atoms with E-state index in [0.717, 1.165) is 5.56 Å². The van der Waals surface area contributed by atoms with E-state index < -0.39 is 15.8 Å². The minimum atomic E-state index is -3.08. The molecule has 1 unspecified atom stereocenters. The van der Waals surface area contributed by atoms with E-state index in [4.69, 9.17) is 9.72 Å². The number of nitrogens with zero attached hydrogens (tertiary/aromatic N) is 3. The van der Waals surface area contributed by atoms with Crippen LogP contribution in [-0.2, 0) is 14.6 Å². The first-order valence-electron chi connectivity index (χ1n) is 8.63. The minimum absolute atomic E-state index is 0.0357. The van der Waals surface area contributed by atoms with E-state index in [-0.39, 0.29) is 17.5 Å². The summed E-state index contributed by atoms with van der Waals surface area (Å²) in [5.41, 5.74) is 2.99. The number of esters is 1. The van der Waals surface area contributed by atoms with Gasteiger partial charge in [-0.3, -0.25) is 0 Å². The van der Waals surface area contributed by atoms with Crippen molar-refractivity contribution < 1.29 is 17.9 Å². The summed E-state index contributed by atoms with van der Waals surface area (Å²) in [5.74, 6) is -0.296. The van der Waals surface area contributed by atoms with Gasteiger partial charge in [0.05, 0.1) is 47.0 Å². The Morgan fingerprint density at radius 2 is 2.00 bits per heavy atom. The third-order valence-corrected chi connectivity index (χ3v) is 6.62. The van der Waals surface area contributed by atoms with Crippen LogP contribution in [0.2, 0.25) is 0 Å². The van der Waals surface area contributed by atoms with Crippen LogP contribution in [-0.4, -0.2) is 47.8 Å². The molecule has 0 amide bonds. The number of hydrogen-bond acceptors (Lipinski definition) is 6. The minimum Gasteiger partial charge on any atom is -0.465 e. The molecule has 0 bridgehead atoms. The summed E-state index contributed by atoms with van der Waals surface area (Å²) in [7, 11) is -1.74. The van der Waals surface area contributed by atoms with Crippen molar-refractivity contribution in [3.8, 4) is 11.3 Å². The molecule has 2 aromatic heterocycles. The van der Waals surface area contributed by atoms with E-state index in [9.17, 15) is 13.2 Å². The van der Waals surface area contributed by atoms with Crippen molar-refractivity contribution in [3.05, 3.63) is 47.7 Å². The molecule has 1 aliphatic rings. The number of carbonyl (C=O) groups excluding carboxylic acids is 1. The molecular weight excluding hydrogens is 366 g/mol. The highest BCUT2D eigenvalue weighted by Crippen LogP contribution is 2.32. The zero-order valence-corrected chi connectivity index (χ0v) is 15.9. The van der Waals surface area contributed by atoms with Gasteiger partial charge >= 0.3 is 5.97 Å². The highest BCUT2D eigenvalue weighted by molar-refractivity contribution is 7.91. The number of aromatic nitrogens is 3. The molecule has 4 rings (SSSR count). The fraction of sp³-hybridized carbons (Fsp3) is 0.316. The van der Waals surface area contributed by atoms with Gasteiger partial charge in [-0.05, 0) is 19.4 Å². The summed E-state index contributed by atoms with van der Waals surface area (Å²) in [6, 6.07) is 10.9. The standard InChI is InChI=1S/C19H19N3O4S/c1-12-17-15(19(23)26-2)10-16(13-6-4-3-5-7-13)20-18(17)22(21-12)14-8-9-27(24,25)11-14/h3-7,10,14H,8-9,11H2,1-2H3. The molecule has 27 heavy (non-hydrogen) atoms. The van der Waals surface area contributed by atoms with Crippen molar-refractivity contribution in [2.24, 2.45) is 0 Å². The van der Waals surface area contributed by atoms with E-state index in [1.165, 1.54) is 7.11 Å². The van der Waals surface area contributed by atoms with Gasteiger partial charge in [-0.1, -0.05) is 30.3 Å². The van der Waals surface area contributed by atoms with Gasteiger partial charge in [-0.2, -0.15) is 5.10 Å². The number of sulfone groups is 1. The van der Waals surface area contributed by atoms with Crippen LogP contribution in [0, 0.1) is 6.92 Å². The van der Waals surface area contributed by atoms with E-state index in [0.29, 0.717) is 34.4 Å². The molecule has 1 aromatic carbocycles. The molecule has 0 radical (unpaired) electrons. The molecule has 0 aliphatic carbocycles. The molecular formula is C19H19N3O4S. The number of fused-ring (bicyclic) bond motifs is 1. The Kier molecular flexibility index (Phi) is 4.22. The molecule has 8 heteroatoms. The molecule has 0 saturated carbocycles. The van der Waals surface area contributed by atoms with E-state index in [1.807, 2.05) is 30.3 Å². The van der Waals surface area contributed by atoms with Gasteiger partial charge < -0.3 is 4.74 Å². The maximum Gasteiger partial charge on any atom is 0.338 e. The molecule has 140 valence electrons. The first-order chi connectivity index (χ1) is 12.9. The second-order valence-corrected chi connectivity index (χ2v) is 8.93. The SMILES string of the molecule is COC(=O)c1cc(-c2ccccc2)nc2c1c(C)nn2C1CCS(=O)(=O)C1. The molecule has 0 N–H and O–H groups in total. The Morgan fingerprint density at radius 1 is 1.26 bits per heavy atom. The molecule has 0 spiro atoms. The van der Waals surface area contributed by atoms with Gasteiger partial charge in [0, 0.05) is 5.56 Å². The highest BCUT2D eigenvalue weighted by atomic mass is 32.2. The lowest BCUT2D eigenvalue weighted by Crippen LogP contribution is -2.13. The van der Waals surface area contributed by atoms with Crippen molar-refractivity contribution >= 4 is 26.8 Å². The number of carbonyl (C=O) groups is 1. The number of pyridine rings is 1. The van der Waals surface area contributed by atoms with Gasteiger partial charge in [0.2, 0.25) is 0 Å². The summed E-state index contributed by atoms with van der Waals surface area (Å²) in [4.78, 5) is 17.1. The Bertz CT molecular complexity index is 1140. The van der Waals surface area contributed by atoms with Crippen LogP contribution in [0.4, 0.5) is 0 Å². The van der Waals surface area contributed by atoms with Crippen LogP contribution in [0.3, 0.4) is 0 Å². The first kappa shape index (κ1) is 17.7. The van der Waals surface area contributed by atoms with Crippen LogP contribution in [0.25, 0.3) is 22.3 Å². The quantitative estimate of drug-likeness (QED) is 0.644. The maximum absolute atomic E-state index is 12.4. The number of rotatable bonds is 3. The van der Waals surface area contributed by atoms with E-state index >= 15 is 0 Å². The number of methoxy groups -OCH3 is 1. The molecule has 3 heterocycles. The predicted molar refractivity (Wildman–Crippen MR) is 101 cm³/mol. The predicted octanol–water partition coefficient (Wildman–Crippen LogP) is 2.55. The lowest BCUT2D eigenvalue weighted by molar-refractivity contribution is 0.0603. The lowest BCUT2D eigenvalue weighted by Gasteiger charge is -2.11. The first-order valence-corrected chi connectivity index (χ1v) is 10.5. The van der Waals surface area contributed by atoms with Crippen LogP contribution in [0.15, 0.2) is 36.4 Å². The second kappa shape index (κ2) is 6.45. The van der Waals surface area contributed by atoms with Gasteiger partial charge in [-0.15, -0.1) is 0 Å². The molecule has 3 aromatic rings. The fourth-order valence-electron chi connectivity index (χ4n) is 3.56. The van der Waals surface area contributed by atoms with E-state index in [2.05, 4.69) is 5.10 Å². The summed E-state index contributed by atoms with van der Waals surface area (Å²) in [5, 5.41) is 5.13. The monoisotopic (exact) mass is 385 g/mol. The van der Waals surface area contributed by atoms with Crippen molar-refractivity contribution in [1.29, 1.82) is 0 Å². The lowest BCUT2D eigenvalue weighted by atomic mass is 10.1. The molecule has 1 saturated heterocycles. The van der Waals surface area contributed by atoms with Crippen molar-refractivity contribution in [3.63, 3.8) is 0 Å². The average Bonchev–Trinajstić information content (AvgIpc) is 3.20. The maximum atomic E-state index is 12.4. The zero-order valence-electron chi connectivity index (χ0n) is 15.0. The number of hydrogen-bond donors (Lipinski definition) is 0. The van der Waals surface area contributed by atoms with Crippen LogP contribution < -0.4 is 0 Å². The number of ether oxygens (including phenoxy) is 1. The summed E-state index contributed by atoms with van der Waals surface area (Å²) >= 11 is 0. The summed E-state index contributed by atoms with van der Waals surface area (Å²) in [6.45, 7) is 1.79. The Balaban J connectivity index is 1.98. The smallest absolute Gasteiger partial charge is 0.338 e. The fourth-order valence-corrected chi connectivity index (χ4v) is 5.26. The second-order valence-electron chi connectivity index (χ2n) is 6.70. The third kappa shape index (κ3) is 3.10. The van der Waals surface area contributed by atoms with Crippen LogP contribution in [0.5, 0.6) is 0 Å². The molecule has 7 nitrogen and oxygen atoms in total. The average molecular weight is 385 g/mol. The van der Waals surface area contributed by atoms with Crippen molar-refractivity contribution in [2.45, 2.75) is 19.4 Å². The van der Waals surface area contributed by atoms with Gasteiger partial charge in [-0.25, -0.2) is 22.9 Å². The van der Waals surface area contributed by atoms with E-state index in [1.54, 1.807) is 17.7 Å². The highest BCUT2D eigenvalue weighted by Gasteiger charge is 2.32. The molecule has 1 fully saturated rings. The summed E-state index contributed by atoms with van der Waals surface area (Å²) in [6.07, 6.45) is 0.489. The van der Waals surface area contributed by atoms with Gasteiger partial charge in [0.25, 0.3) is 0 Å². The van der Waals surface area contributed by atoms with Crippen molar-refractivity contribution in [2.75, 3.05) is 18.6 Å². The molecule has 1 aliphatic heterocycles. The number of aryl methyl sites for hydroxylation is 1. The topological polar surface area (TPSA) is 91.2 Å². The normalized spacial score (nSPS) is 18.7. The Labute approximate surface area is 156 Å². The van der Waals surface area contributed by atoms with Crippen LogP contribution in [0.1, 0.15) is 28.5 Å². The number of benzene rings is 1. The van der Waals surface area contributed by atoms with Crippen molar-refractivity contribution in [1.82, 2.24) is 14.8 Å². The van der Waals surface area contributed by atoms with Gasteiger partial charge in [0.15, 0.2) is 15.5 Å². The Morgan fingerprint density at radius 3 is 2.63 bits per heavy atom. The Hall–Kier alpha value is -2.74.